The zero-order chi connectivity index (χ0) is 19.3. The molecule has 1 heterocycles. The highest BCUT2D eigenvalue weighted by molar-refractivity contribution is 7.94. The number of benzene rings is 2. The van der Waals surface area contributed by atoms with Crippen molar-refractivity contribution in [2.45, 2.75) is 13.0 Å². The Morgan fingerprint density at radius 2 is 1.70 bits per heavy atom. The molecule has 3 rings (SSSR count). The molecular formula is C20H21NO5S. The highest BCUT2D eigenvalue weighted by atomic mass is 32.2. The predicted octanol–water partition coefficient (Wildman–Crippen LogP) is 2.81. The Balaban J connectivity index is 1.81. The van der Waals surface area contributed by atoms with Crippen molar-refractivity contribution in [1.29, 1.82) is 0 Å². The minimum absolute atomic E-state index is 0.142. The molecule has 0 bridgehead atoms. The van der Waals surface area contributed by atoms with E-state index in [9.17, 15) is 13.2 Å². The Labute approximate surface area is 158 Å². The Bertz CT molecular complexity index is 907. The molecule has 27 heavy (non-hydrogen) atoms. The number of ether oxygens (including phenoxy) is 2. The molecule has 7 heteroatoms. The second-order valence-corrected chi connectivity index (χ2v) is 7.95. The van der Waals surface area contributed by atoms with Gasteiger partial charge in [0.25, 0.3) is 5.91 Å². The molecule has 1 atom stereocenters. The fourth-order valence-electron chi connectivity index (χ4n) is 2.84. The van der Waals surface area contributed by atoms with Crippen LogP contribution in [0, 0.1) is 0 Å². The first-order valence-electron chi connectivity index (χ1n) is 8.62. The molecule has 6 nitrogen and oxygen atoms in total. The maximum Gasteiger partial charge on any atom is 0.265 e. The van der Waals surface area contributed by atoms with Crippen molar-refractivity contribution in [3.63, 3.8) is 0 Å². The molecular weight excluding hydrogens is 366 g/mol. The summed E-state index contributed by atoms with van der Waals surface area (Å²) in [7, 11) is -3.31. The van der Waals surface area contributed by atoms with Crippen LogP contribution in [0.1, 0.15) is 6.92 Å². The number of carbonyl (C=O) groups is 1. The number of amides is 1. The zero-order valence-electron chi connectivity index (χ0n) is 14.9. The maximum atomic E-state index is 12.9. The van der Waals surface area contributed by atoms with Gasteiger partial charge in [-0.1, -0.05) is 18.2 Å². The molecule has 0 aliphatic carbocycles. The monoisotopic (exact) mass is 387 g/mol. The molecule has 0 aromatic heterocycles. The molecule has 1 aliphatic rings. The van der Waals surface area contributed by atoms with E-state index in [2.05, 4.69) is 0 Å². The molecule has 0 saturated heterocycles. The molecule has 0 unspecified atom stereocenters. The molecule has 0 saturated carbocycles. The number of rotatable bonds is 7. The molecule has 0 N–H and O–H groups in total. The number of hydrogen-bond donors (Lipinski definition) is 0. The number of carbonyl (C=O) groups excluding carboxylic acids is 1. The van der Waals surface area contributed by atoms with Crippen molar-refractivity contribution >= 4 is 21.4 Å². The van der Waals surface area contributed by atoms with Crippen molar-refractivity contribution in [1.82, 2.24) is 0 Å². The molecule has 0 fully saturated rings. The van der Waals surface area contributed by atoms with Gasteiger partial charge in [-0.2, -0.15) is 0 Å². The van der Waals surface area contributed by atoms with Crippen LogP contribution in [0.25, 0.3) is 0 Å². The Hall–Kier alpha value is -2.80. The summed E-state index contributed by atoms with van der Waals surface area (Å²) >= 11 is 0. The molecule has 0 spiro atoms. The summed E-state index contributed by atoms with van der Waals surface area (Å²) in [6.45, 7) is 2.23. The Kier molecular flexibility index (Phi) is 5.81. The standard InChI is InChI=1S/C20H21NO5S/c1-2-25-19-10-8-16(9-11-19)21(17-12-13-27(23,24)15-17)20(22)14-26-18-6-4-3-5-7-18/h3-13,17H,2,14-15H2,1H3/t17-/m1/s1. The highest BCUT2D eigenvalue weighted by Gasteiger charge is 2.31. The van der Waals surface area contributed by atoms with E-state index in [4.69, 9.17) is 9.47 Å². The van der Waals surface area contributed by atoms with Gasteiger partial charge in [-0.25, -0.2) is 8.42 Å². The van der Waals surface area contributed by atoms with Crippen molar-refractivity contribution in [3.8, 4) is 11.5 Å². The van der Waals surface area contributed by atoms with Crippen LogP contribution in [0.2, 0.25) is 0 Å². The molecule has 142 valence electrons. The van der Waals surface area contributed by atoms with Crippen LogP contribution in [0.4, 0.5) is 5.69 Å². The minimum Gasteiger partial charge on any atom is -0.494 e. The van der Waals surface area contributed by atoms with E-state index in [1.54, 1.807) is 36.4 Å². The van der Waals surface area contributed by atoms with Crippen molar-refractivity contribution in [3.05, 3.63) is 66.1 Å². The third-order valence-electron chi connectivity index (χ3n) is 4.04. The first kappa shape index (κ1) is 19.0. The second-order valence-electron chi connectivity index (χ2n) is 6.02. The maximum absolute atomic E-state index is 12.9. The quantitative estimate of drug-likeness (QED) is 0.730. The summed E-state index contributed by atoms with van der Waals surface area (Å²) in [5, 5.41) is 1.16. The van der Waals surface area contributed by atoms with E-state index in [1.165, 1.54) is 11.0 Å². The topological polar surface area (TPSA) is 72.9 Å². The van der Waals surface area contributed by atoms with Crippen LogP contribution >= 0.6 is 0 Å². The molecule has 0 radical (unpaired) electrons. The fourth-order valence-corrected chi connectivity index (χ4v) is 4.11. The number of sulfone groups is 1. The van der Waals surface area contributed by atoms with Gasteiger partial charge in [-0.15, -0.1) is 0 Å². The lowest BCUT2D eigenvalue weighted by Crippen LogP contribution is -2.43. The van der Waals surface area contributed by atoms with E-state index in [1.807, 2.05) is 25.1 Å². The third kappa shape index (κ3) is 4.89. The fraction of sp³-hybridized carbons (Fsp3) is 0.250. The average Bonchev–Trinajstić information content (AvgIpc) is 3.02. The van der Waals surface area contributed by atoms with Crippen LogP contribution in [0.5, 0.6) is 11.5 Å². The summed E-state index contributed by atoms with van der Waals surface area (Å²) < 4.78 is 34.7. The number of nitrogens with zero attached hydrogens (tertiary/aromatic N) is 1. The van der Waals surface area contributed by atoms with Crippen LogP contribution < -0.4 is 14.4 Å². The van der Waals surface area contributed by atoms with Crippen LogP contribution in [-0.4, -0.2) is 39.3 Å². The van der Waals surface area contributed by atoms with Crippen LogP contribution in [0.3, 0.4) is 0 Å². The molecule has 1 amide bonds. The van der Waals surface area contributed by atoms with E-state index in [0.717, 1.165) is 5.41 Å². The normalized spacial score (nSPS) is 17.4. The van der Waals surface area contributed by atoms with E-state index in [-0.39, 0.29) is 18.3 Å². The van der Waals surface area contributed by atoms with Crippen molar-refractivity contribution in [2.24, 2.45) is 0 Å². The minimum atomic E-state index is -3.31. The summed E-state index contributed by atoms with van der Waals surface area (Å²) in [5.74, 6) is 0.794. The highest BCUT2D eigenvalue weighted by Crippen LogP contribution is 2.25. The van der Waals surface area contributed by atoms with Gasteiger partial charge in [0.15, 0.2) is 16.4 Å². The summed E-state index contributed by atoms with van der Waals surface area (Å²) in [5.41, 5.74) is 0.590. The first-order chi connectivity index (χ1) is 13.0. The van der Waals surface area contributed by atoms with Gasteiger partial charge in [0.1, 0.15) is 11.5 Å². The van der Waals surface area contributed by atoms with Crippen LogP contribution in [-0.2, 0) is 14.6 Å². The summed E-state index contributed by atoms with van der Waals surface area (Å²) in [4.78, 5) is 14.3. The van der Waals surface area contributed by atoms with Crippen LogP contribution in [0.15, 0.2) is 66.1 Å². The Morgan fingerprint density at radius 3 is 2.30 bits per heavy atom. The molecule has 2 aromatic carbocycles. The largest absolute Gasteiger partial charge is 0.494 e. The number of anilines is 1. The van der Waals surface area contributed by atoms with Gasteiger partial charge in [0.2, 0.25) is 0 Å². The number of para-hydroxylation sites is 1. The lowest BCUT2D eigenvalue weighted by Gasteiger charge is -2.27. The average molecular weight is 387 g/mol. The van der Waals surface area contributed by atoms with Gasteiger partial charge < -0.3 is 14.4 Å². The summed E-state index contributed by atoms with van der Waals surface area (Å²) in [6, 6.07) is 15.4. The molecule has 1 aliphatic heterocycles. The van der Waals surface area contributed by atoms with Gasteiger partial charge in [0.05, 0.1) is 18.4 Å². The van der Waals surface area contributed by atoms with Gasteiger partial charge in [-0.05, 0) is 49.4 Å². The van der Waals surface area contributed by atoms with Crippen molar-refractivity contribution < 1.29 is 22.7 Å². The smallest absolute Gasteiger partial charge is 0.265 e. The lowest BCUT2D eigenvalue weighted by molar-refractivity contribution is -0.120. The number of hydrogen-bond acceptors (Lipinski definition) is 5. The van der Waals surface area contributed by atoms with Gasteiger partial charge >= 0.3 is 0 Å². The zero-order valence-corrected chi connectivity index (χ0v) is 15.8. The summed E-state index contributed by atoms with van der Waals surface area (Å²) in [6.07, 6.45) is 1.53. The van der Waals surface area contributed by atoms with Gasteiger partial charge in [0, 0.05) is 11.1 Å². The first-order valence-corrected chi connectivity index (χ1v) is 10.3. The SMILES string of the molecule is CCOc1ccc(N(C(=O)COc2ccccc2)[C@@H]2C=CS(=O)(=O)C2)cc1. The Morgan fingerprint density at radius 1 is 1.04 bits per heavy atom. The third-order valence-corrected chi connectivity index (χ3v) is 5.42. The lowest BCUT2D eigenvalue weighted by atomic mass is 10.2. The van der Waals surface area contributed by atoms with Crippen molar-refractivity contribution in [2.75, 3.05) is 23.9 Å². The van der Waals surface area contributed by atoms with E-state index in [0.29, 0.717) is 23.8 Å². The van der Waals surface area contributed by atoms with Gasteiger partial charge in [-0.3, -0.25) is 4.79 Å². The van der Waals surface area contributed by atoms with E-state index < -0.39 is 15.9 Å². The predicted molar refractivity (Wildman–Crippen MR) is 104 cm³/mol. The van der Waals surface area contributed by atoms with E-state index >= 15 is 0 Å². The molecule has 2 aromatic rings. The second kappa shape index (κ2) is 8.26.